The van der Waals surface area contributed by atoms with Crippen molar-refractivity contribution in [3.63, 3.8) is 0 Å². The number of nitrogens with one attached hydrogen (secondary N) is 1. The van der Waals surface area contributed by atoms with Crippen molar-refractivity contribution >= 4 is 11.6 Å². The molecule has 3 N–H and O–H groups in total. The second-order valence-corrected chi connectivity index (χ2v) is 4.78. The zero-order valence-corrected chi connectivity index (χ0v) is 12.4. The Morgan fingerprint density at radius 2 is 1.81 bits per heavy atom. The minimum atomic E-state index is -0.432. The maximum Gasteiger partial charge on any atom is 0.127 e. The van der Waals surface area contributed by atoms with Gasteiger partial charge in [-0.1, -0.05) is 17.7 Å². The molecule has 2 rings (SSSR count). The number of hydrogen-bond acceptors (Lipinski definition) is 4. The van der Waals surface area contributed by atoms with E-state index in [1.165, 1.54) is 12.1 Å². The van der Waals surface area contributed by atoms with Crippen molar-refractivity contribution in [1.29, 1.82) is 0 Å². The number of benzene rings is 2. The van der Waals surface area contributed by atoms with Crippen LogP contribution in [-0.2, 0) is 0 Å². The number of halogens is 2. The fourth-order valence-electron chi connectivity index (χ4n) is 2.14. The lowest BCUT2D eigenvalue weighted by Crippen LogP contribution is -2.29. The molecule has 1 unspecified atom stereocenters. The number of methoxy groups -OCH3 is 2. The molecule has 0 heterocycles. The van der Waals surface area contributed by atoms with Gasteiger partial charge in [0.25, 0.3) is 0 Å². The zero-order valence-electron chi connectivity index (χ0n) is 11.7. The average Bonchev–Trinajstić information content (AvgIpc) is 2.50. The van der Waals surface area contributed by atoms with Crippen molar-refractivity contribution in [2.45, 2.75) is 6.04 Å². The number of ether oxygens (including phenoxy) is 2. The predicted molar refractivity (Wildman–Crippen MR) is 80.1 cm³/mol. The molecule has 6 heteroatoms. The third kappa shape index (κ3) is 3.26. The summed E-state index contributed by atoms with van der Waals surface area (Å²) in [6, 6.07) is 9.10. The first-order valence-electron chi connectivity index (χ1n) is 6.23. The summed E-state index contributed by atoms with van der Waals surface area (Å²) < 4.78 is 23.7. The van der Waals surface area contributed by atoms with E-state index >= 15 is 0 Å². The topological polar surface area (TPSA) is 56.5 Å². The second kappa shape index (κ2) is 6.76. The highest BCUT2D eigenvalue weighted by atomic mass is 35.5. The van der Waals surface area contributed by atoms with Gasteiger partial charge in [0.05, 0.1) is 20.3 Å². The van der Waals surface area contributed by atoms with Crippen molar-refractivity contribution in [3.05, 3.63) is 58.4 Å². The van der Waals surface area contributed by atoms with E-state index < -0.39 is 11.9 Å². The maximum atomic E-state index is 13.2. The van der Waals surface area contributed by atoms with Crippen LogP contribution >= 0.6 is 11.6 Å². The molecule has 0 aliphatic heterocycles. The minimum absolute atomic E-state index is 0.288. The number of nitrogens with two attached hydrogens (primary N) is 1. The Kier molecular flexibility index (Phi) is 5.01. The summed E-state index contributed by atoms with van der Waals surface area (Å²) in [5.74, 6) is 6.51. The third-order valence-electron chi connectivity index (χ3n) is 3.19. The Hall–Kier alpha value is -1.82. The van der Waals surface area contributed by atoms with E-state index in [0.717, 1.165) is 5.56 Å². The molecule has 2 aromatic carbocycles. The molecular formula is C15H16ClFN2O2. The zero-order chi connectivity index (χ0) is 15.4. The van der Waals surface area contributed by atoms with Crippen molar-refractivity contribution in [1.82, 2.24) is 5.43 Å². The molecule has 2 aromatic rings. The van der Waals surface area contributed by atoms with Gasteiger partial charge in [0.15, 0.2) is 0 Å². The Balaban J connectivity index is 2.50. The molecule has 1 atom stereocenters. The fraction of sp³-hybridized carbons (Fsp3) is 0.200. The van der Waals surface area contributed by atoms with Gasteiger partial charge < -0.3 is 9.47 Å². The normalized spacial score (nSPS) is 12.0. The van der Waals surface area contributed by atoms with E-state index in [0.29, 0.717) is 17.1 Å². The van der Waals surface area contributed by atoms with Gasteiger partial charge in [-0.05, 0) is 29.8 Å². The van der Waals surface area contributed by atoms with Gasteiger partial charge >= 0.3 is 0 Å². The lowest BCUT2D eigenvalue weighted by Gasteiger charge is -2.21. The van der Waals surface area contributed by atoms with Gasteiger partial charge in [-0.2, -0.15) is 0 Å². The molecule has 0 aromatic heterocycles. The van der Waals surface area contributed by atoms with E-state index in [1.54, 1.807) is 32.4 Å². The monoisotopic (exact) mass is 310 g/mol. The first-order chi connectivity index (χ1) is 10.1. The van der Waals surface area contributed by atoms with Crippen molar-refractivity contribution in [3.8, 4) is 11.5 Å². The number of hydrazine groups is 1. The van der Waals surface area contributed by atoms with Crippen molar-refractivity contribution in [2.24, 2.45) is 5.84 Å². The van der Waals surface area contributed by atoms with Gasteiger partial charge in [0.2, 0.25) is 0 Å². The summed E-state index contributed by atoms with van der Waals surface area (Å²) in [7, 11) is 3.13. The Bertz CT molecular complexity index is 637. The molecule has 112 valence electrons. The standard InChI is InChI=1S/C15H16ClFN2O2/c1-20-10-4-6-12(14(8-10)21-2)15(19-18)11-5-3-9(17)7-13(11)16/h3-8,15,19H,18H2,1-2H3. The van der Waals surface area contributed by atoms with Crippen LogP contribution in [0.15, 0.2) is 36.4 Å². The van der Waals surface area contributed by atoms with Crippen LogP contribution in [0, 0.1) is 5.82 Å². The smallest absolute Gasteiger partial charge is 0.127 e. The molecule has 4 nitrogen and oxygen atoms in total. The lowest BCUT2D eigenvalue weighted by atomic mass is 9.98. The van der Waals surface area contributed by atoms with E-state index in [1.807, 2.05) is 6.07 Å². The molecule has 0 fully saturated rings. The van der Waals surface area contributed by atoms with Crippen LogP contribution in [0.1, 0.15) is 17.2 Å². The Labute approximate surface area is 127 Å². The fourth-order valence-corrected chi connectivity index (χ4v) is 2.42. The highest BCUT2D eigenvalue weighted by Gasteiger charge is 2.20. The van der Waals surface area contributed by atoms with Crippen LogP contribution in [0.3, 0.4) is 0 Å². The average molecular weight is 311 g/mol. The van der Waals surface area contributed by atoms with Crippen LogP contribution in [0.25, 0.3) is 0 Å². The summed E-state index contributed by atoms with van der Waals surface area (Å²) in [4.78, 5) is 0. The molecule has 0 amide bonds. The van der Waals surface area contributed by atoms with Crippen LogP contribution in [0.4, 0.5) is 4.39 Å². The van der Waals surface area contributed by atoms with Gasteiger partial charge in [0.1, 0.15) is 17.3 Å². The highest BCUT2D eigenvalue weighted by molar-refractivity contribution is 6.31. The van der Waals surface area contributed by atoms with E-state index in [-0.39, 0.29) is 5.02 Å². The summed E-state index contributed by atoms with van der Waals surface area (Å²) in [6.45, 7) is 0. The van der Waals surface area contributed by atoms with Crippen LogP contribution < -0.4 is 20.7 Å². The predicted octanol–water partition coefficient (Wildman–Crippen LogP) is 3.05. The van der Waals surface area contributed by atoms with Crippen LogP contribution in [0.5, 0.6) is 11.5 Å². The first-order valence-corrected chi connectivity index (χ1v) is 6.61. The molecular weight excluding hydrogens is 295 g/mol. The van der Waals surface area contributed by atoms with Crippen molar-refractivity contribution < 1.29 is 13.9 Å². The number of rotatable bonds is 5. The molecule has 0 aliphatic rings. The SMILES string of the molecule is COc1ccc(C(NN)c2ccc(F)cc2Cl)c(OC)c1. The van der Waals surface area contributed by atoms with E-state index in [9.17, 15) is 4.39 Å². The van der Waals surface area contributed by atoms with Gasteiger partial charge in [-0.15, -0.1) is 0 Å². The maximum absolute atomic E-state index is 13.2. The molecule has 0 aliphatic carbocycles. The molecule has 21 heavy (non-hydrogen) atoms. The number of hydrogen-bond donors (Lipinski definition) is 2. The van der Waals surface area contributed by atoms with E-state index in [2.05, 4.69) is 5.43 Å². The molecule has 0 saturated carbocycles. The summed E-state index contributed by atoms with van der Waals surface area (Å²) >= 11 is 6.11. The van der Waals surface area contributed by atoms with Gasteiger partial charge in [0, 0.05) is 16.7 Å². The largest absolute Gasteiger partial charge is 0.497 e. The minimum Gasteiger partial charge on any atom is -0.497 e. The van der Waals surface area contributed by atoms with Crippen LogP contribution in [-0.4, -0.2) is 14.2 Å². The Morgan fingerprint density at radius 1 is 1.10 bits per heavy atom. The summed E-state index contributed by atoms with van der Waals surface area (Å²) in [5.41, 5.74) is 4.11. The van der Waals surface area contributed by atoms with Crippen LogP contribution in [0.2, 0.25) is 5.02 Å². The molecule has 0 spiro atoms. The quantitative estimate of drug-likeness (QED) is 0.658. The molecule has 0 radical (unpaired) electrons. The van der Waals surface area contributed by atoms with E-state index in [4.69, 9.17) is 26.9 Å². The van der Waals surface area contributed by atoms with Gasteiger partial charge in [-0.25, -0.2) is 9.82 Å². The first kappa shape index (κ1) is 15.6. The second-order valence-electron chi connectivity index (χ2n) is 4.37. The third-order valence-corrected chi connectivity index (χ3v) is 3.52. The molecule has 0 bridgehead atoms. The lowest BCUT2D eigenvalue weighted by molar-refractivity contribution is 0.387. The van der Waals surface area contributed by atoms with Crippen molar-refractivity contribution in [2.75, 3.05) is 14.2 Å². The summed E-state index contributed by atoms with van der Waals surface area (Å²) in [6.07, 6.45) is 0. The Morgan fingerprint density at radius 3 is 2.38 bits per heavy atom. The van der Waals surface area contributed by atoms with Gasteiger partial charge in [-0.3, -0.25) is 5.84 Å². The highest BCUT2D eigenvalue weighted by Crippen LogP contribution is 2.35. The summed E-state index contributed by atoms with van der Waals surface area (Å²) in [5, 5.41) is 0.288. The molecule has 0 saturated heterocycles.